The van der Waals surface area contributed by atoms with Crippen molar-refractivity contribution in [3.63, 3.8) is 0 Å². The Kier molecular flexibility index (Phi) is 5.89. The van der Waals surface area contributed by atoms with Gasteiger partial charge in [-0.2, -0.15) is 0 Å². The van der Waals surface area contributed by atoms with Crippen molar-refractivity contribution >= 4 is 27.5 Å². The molecule has 29 heavy (non-hydrogen) atoms. The van der Waals surface area contributed by atoms with Crippen LogP contribution in [0.25, 0.3) is 10.2 Å². The van der Waals surface area contributed by atoms with Gasteiger partial charge in [-0.15, -0.1) is 11.3 Å². The molecule has 6 nitrogen and oxygen atoms in total. The second kappa shape index (κ2) is 8.73. The van der Waals surface area contributed by atoms with Crippen LogP contribution in [0.3, 0.4) is 0 Å². The molecule has 0 radical (unpaired) electrons. The normalized spacial score (nSPS) is 13.3. The zero-order valence-corrected chi connectivity index (χ0v) is 16.6. The number of halogens is 1. The standard InChI is InChI=1S/C21H21FN2O4S/c22-14-6-2-3-7-15(14)27-11-12-28-18(25)10-9-17-23-20(26)19-13-5-1-4-8-16(13)29-21(19)24-17/h2-3,6-7H,1,4-5,8-12H2,(H,23,24,26). The predicted molar refractivity (Wildman–Crippen MR) is 108 cm³/mol. The Hall–Kier alpha value is -2.74. The van der Waals surface area contributed by atoms with Gasteiger partial charge in [0.1, 0.15) is 23.9 Å². The second-order valence-electron chi connectivity index (χ2n) is 6.90. The molecule has 0 fully saturated rings. The van der Waals surface area contributed by atoms with Crippen molar-refractivity contribution in [2.45, 2.75) is 38.5 Å². The first-order valence-electron chi connectivity index (χ1n) is 9.68. The number of ether oxygens (including phenoxy) is 2. The summed E-state index contributed by atoms with van der Waals surface area (Å²) < 4.78 is 23.8. The fourth-order valence-electron chi connectivity index (χ4n) is 3.49. The number of aromatic nitrogens is 2. The first-order chi connectivity index (χ1) is 14.1. The summed E-state index contributed by atoms with van der Waals surface area (Å²) in [6, 6.07) is 6.05. The van der Waals surface area contributed by atoms with Crippen LogP contribution in [-0.4, -0.2) is 29.2 Å². The molecular formula is C21H21FN2O4S. The number of para-hydroxylation sites is 1. The SMILES string of the molecule is O=C(CCc1nc2sc3c(c2c(=O)[nH]1)CCCC3)OCCOc1ccccc1F. The van der Waals surface area contributed by atoms with Crippen molar-refractivity contribution in [1.82, 2.24) is 9.97 Å². The van der Waals surface area contributed by atoms with Gasteiger partial charge >= 0.3 is 5.97 Å². The number of aryl methyl sites for hydroxylation is 3. The molecule has 152 valence electrons. The third-order valence-corrected chi connectivity index (χ3v) is 6.07. The number of carbonyl (C=O) groups excluding carboxylic acids is 1. The van der Waals surface area contributed by atoms with Crippen LogP contribution in [0, 0.1) is 5.82 Å². The van der Waals surface area contributed by atoms with Crippen LogP contribution in [0.1, 0.15) is 35.5 Å². The minimum absolute atomic E-state index is 0.0216. The number of thiophene rings is 1. The number of hydrogen-bond donors (Lipinski definition) is 1. The van der Waals surface area contributed by atoms with E-state index in [9.17, 15) is 14.0 Å². The quantitative estimate of drug-likeness (QED) is 0.471. The van der Waals surface area contributed by atoms with Crippen LogP contribution < -0.4 is 10.3 Å². The monoisotopic (exact) mass is 416 g/mol. The molecule has 1 aliphatic rings. The van der Waals surface area contributed by atoms with Crippen molar-refractivity contribution in [3.8, 4) is 5.75 Å². The van der Waals surface area contributed by atoms with Gasteiger partial charge in [0, 0.05) is 11.3 Å². The van der Waals surface area contributed by atoms with Crippen molar-refractivity contribution in [1.29, 1.82) is 0 Å². The van der Waals surface area contributed by atoms with Crippen LogP contribution in [-0.2, 0) is 28.8 Å². The van der Waals surface area contributed by atoms with Crippen molar-refractivity contribution in [3.05, 3.63) is 56.7 Å². The summed E-state index contributed by atoms with van der Waals surface area (Å²) in [6.07, 6.45) is 4.58. The van der Waals surface area contributed by atoms with Crippen LogP contribution in [0.4, 0.5) is 4.39 Å². The fourth-order valence-corrected chi connectivity index (χ4v) is 4.77. The number of esters is 1. The van der Waals surface area contributed by atoms with E-state index >= 15 is 0 Å². The summed E-state index contributed by atoms with van der Waals surface area (Å²) in [5.41, 5.74) is 1.02. The largest absolute Gasteiger partial charge is 0.487 e. The van der Waals surface area contributed by atoms with E-state index in [0.717, 1.165) is 36.1 Å². The maximum absolute atomic E-state index is 13.4. The molecule has 3 aromatic rings. The van der Waals surface area contributed by atoms with Gasteiger partial charge in [-0.25, -0.2) is 9.37 Å². The summed E-state index contributed by atoms with van der Waals surface area (Å²) in [4.78, 5) is 33.8. The Labute approximate surface area is 170 Å². The maximum Gasteiger partial charge on any atom is 0.306 e. The molecule has 1 aromatic carbocycles. The highest BCUT2D eigenvalue weighted by atomic mass is 32.1. The number of H-pyrrole nitrogens is 1. The molecule has 1 aliphatic carbocycles. The molecule has 0 saturated carbocycles. The third kappa shape index (κ3) is 4.48. The summed E-state index contributed by atoms with van der Waals surface area (Å²) in [5.74, 6) is -0.271. The molecular weight excluding hydrogens is 395 g/mol. The summed E-state index contributed by atoms with van der Waals surface area (Å²) in [6.45, 7) is 0.0856. The maximum atomic E-state index is 13.4. The molecule has 0 saturated heterocycles. The number of rotatable bonds is 7. The highest BCUT2D eigenvalue weighted by Crippen LogP contribution is 2.33. The van der Waals surface area contributed by atoms with Gasteiger partial charge in [0.15, 0.2) is 11.6 Å². The van der Waals surface area contributed by atoms with Gasteiger partial charge in [-0.3, -0.25) is 9.59 Å². The van der Waals surface area contributed by atoms with E-state index in [0.29, 0.717) is 17.6 Å². The van der Waals surface area contributed by atoms with Gasteiger partial charge in [-0.05, 0) is 43.4 Å². The van der Waals surface area contributed by atoms with Crippen molar-refractivity contribution in [2.24, 2.45) is 0 Å². The number of hydrogen-bond acceptors (Lipinski definition) is 6. The van der Waals surface area contributed by atoms with Gasteiger partial charge in [-0.1, -0.05) is 12.1 Å². The molecule has 4 rings (SSSR count). The Morgan fingerprint density at radius 2 is 2.03 bits per heavy atom. The lowest BCUT2D eigenvalue weighted by Crippen LogP contribution is -2.16. The predicted octanol–water partition coefficient (Wildman–Crippen LogP) is 3.56. The van der Waals surface area contributed by atoms with E-state index in [1.807, 2.05) is 0 Å². The molecule has 0 amide bonds. The van der Waals surface area contributed by atoms with Gasteiger partial charge in [0.25, 0.3) is 5.56 Å². The Morgan fingerprint density at radius 3 is 2.90 bits per heavy atom. The van der Waals surface area contributed by atoms with E-state index in [2.05, 4.69) is 9.97 Å². The first-order valence-corrected chi connectivity index (χ1v) is 10.5. The van der Waals surface area contributed by atoms with Crippen LogP contribution in [0.2, 0.25) is 0 Å². The van der Waals surface area contributed by atoms with Crippen molar-refractivity contribution < 1.29 is 18.7 Å². The van der Waals surface area contributed by atoms with E-state index in [4.69, 9.17) is 9.47 Å². The number of fused-ring (bicyclic) bond motifs is 3. The average molecular weight is 416 g/mol. The number of carbonyl (C=O) groups is 1. The topological polar surface area (TPSA) is 81.3 Å². The summed E-state index contributed by atoms with van der Waals surface area (Å²) in [5, 5.41) is 0.710. The van der Waals surface area contributed by atoms with E-state index in [1.165, 1.54) is 17.0 Å². The number of aromatic amines is 1. The average Bonchev–Trinajstić information content (AvgIpc) is 3.10. The summed E-state index contributed by atoms with van der Waals surface area (Å²) >= 11 is 1.58. The number of nitrogens with one attached hydrogen (secondary N) is 1. The van der Waals surface area contributed by atoms with Gasteiger partial charge in [0.05, 0.1) is 11.8 Å². The lowest BCUT2D eigenvalue weighted by Gasteiger charge is -2.09. The minimum Gasteiger partial charge on any atom is -0.487 e. The Bertz CT molecular complexity index is 1090. The first kappa shape index (κ1) is 19.6. The number of benzene rings is 1. The van der Waals surface area contributed by atoms with Gasteiger partial charge < -0.3 is 14.5 Å². The van der Waals surface area contributed by atoms with Crippen LogP contribution in [0.5, 0.6) is 5.75 Å². The van der Waals surface area contributed by atoms with E-state index in [-0.39, 0.29) is 30.9 Å². The van der Waals surface area contributed by atoms with Crippen molar-refractivity contribution in [2.75, 3.05) is 13.2 Å². The Balaban J connectivity index is 1.29. The number of nitrogens with zero attached hydrogens (tertiary/aromatic N) is 1. The lowest BCUT2D eigenvalue weighted by atomic mass is 9.97. The van der Waals surface area contributed by atoms with E-state index < -0.39 is 11.8 Å². The zero-order chi connectivity index (χ0) is 20.2. The fraction of sp³-hybridized carbons (Fsp3) is 0.381. The molecule has 2 heterocycles. The van der Waals surface area contributed by atoms with Crippen LogP contribution >= 0.6 is 11.3 Å². The molecule has 0 spiro atoms. The molecule has 0 atom stereocenters. The molecule has 0 aliphatic heterocycles. The minimum atomic E-state index is -0.459. The zero-order valence-electron chi connectivity index (χ0n) is 15.8. The lowest BCUT2D eigenvalue weighted by molar-refractivity contribution is -0.144. The van der Waals surface area contributed by atoms with Crippen LogP contribution in [0.15, 0.2) is 29.1 Å². The Morgan fingerprint density at radius 1 is 1.21 bits per heavy atom. The highest BCUT2D eigenvalue weighted by Gasteiger charge is 2.20. The highest BCUT2D eigenvalue weighted by molar-refractivity contribution is 7.18. The van der Waals surface area contributed by atoms with E-state index in [1.54, 1.807) is 23.5 Å². The van der Waals surface area contributed by atoms with Gasteiger partial charge in [0.2, 0.25) is 0 Å². The molecule has 8 heteroatoms. The molecule has 1 N–H and O–H groups in total. The third-order valence-electron chi connectivity index (χ3n) is 4.88. The molecule has 0 unspecified atom stereocenters. The summed E-state index contributed by atoms with van der Waals surface area (Å²) in [7, 11) is 0. The molecule has 2 aromatic heterocycles. The second-order valence-corrected chi connectivity index (χ2v) is 7.99. The molecule has 0 bridgehead atoms. The smallest absolute Gasteiger partial charge is 0.306 e.